The molecule has 0 heterocycles. The van der Waals surface area contributed by atoms with Gasteiger partial charge < -0.3 is 5.32 Å². The monoisotopic (exact) mass is 183 g/mol. The van der Waals surface area contributed by atoms with Crippen LogP contribution in [0.3, 0.4) is 0 Å². The van der Waals surface area contributed by atoms with Gasteiger partial charge in [0.25, 0.3) is 0 Å². The lowest BCUT2D eigenvalue weighted by molar-refractivity contribution is 0.435. The molecule has 0 radical (unpaired) electrons. The molecule has 1 saturated carbocycles. The summed E-state index contributed by atoms with van der Waals surface area (Å²) in [6.45, 7) is 9.32. The largest absolute Gasteiger partial charge is 0.316 e. The van der Waals surface area contributed by atoms with Gasteiger partial charge in [0.2, 0.25) is 0 Å². The average molecular weight is 183 g/mol. The highest BCUT2D eigenvalue weighted by Crippen LogP contribution is 2.32. The maximum atomic E-state index is 3.57. The molecule has 1 fully saturated rings. The Bertz CT molecular complexity index is 131. The first-order valence-corrected chi connectivity index (χ1v) is 5.93. The van der Waals surface area contributed by atoms with Gasteiger partial charge in [0.05, 0.1) is 0 Å². The lowest BCUT2D eigenvalue weighted by Crippen LogP contribution is -2.25. The molecule has 1 aliphatic carbocycles. The van der Waals surface area contributed by atoms with Gasteiger partial charge in [0.1, 0.15) is 0 Å². The number of nitrogens with one attached hydrogen (secondary N) is 1. The van der Waals surface area contributed by atoms with E-state index in [9.17, 15) is 0 Å². The zero-order valence-electron chi connectivity index (χ0n) is 9.47. The van der Waals surface area contributed by atoms with Gasteiger partial charge in [-0.3, -0.25) is 0 Å². The molecule has 1 rings (SSSR count). The molecule has 0 aromatic rings. The van der Waals surface area contributed by atoms with Gasteiger partial charge in [-0.25, -0.2) is 0 Å². The van der Waals surface area contributed by atoms with Crippen molar-refractivity contribution >= 4 is 0 Å². The second-order valence-electron chi connectivity index (χ2n) is 5.01. The van der Waals surface area contributed by atoms with Gasteiger partial charge in [-0.15, -0.1) is 0 Å². The fraction of sp³-hybridized carbons (Fsp3) is 1.00. The van der Waals surface area contributed by atoms with E-state index < -0.39 is 0 Å². The summed E-state index contributed by atoms with van der Waals surface area (Å²) in [5.74, 6) is 2.80. The van der Waals surface area contributed by atoms with E-state index in [-0.39, 0.29) is 0 Å². The predicted octanol–water partition coefficient (Wildman–Crippen LogP) is 3.06. The van der Waals surface area contributed by atoms with Gasteiger partial charge in [0.15, 0.2) is 0 Å². The van der Waals surface area contributed by atoms with E-state index in [1.165, 1.54) is 38.8 Å². The van der Waals surface area contributed by atoms with E-state index >= 15 is 0 Å². The van der Waals surface area contributed by atoms with E-state index in [0.29, 0.717) is 0 Å². The maximum Gasteiger partial charge on any atom is -0.00203 e. The summed E-state index contributed by atoms with van der Waals surface area (Å²) in [6, 6.07) is 0. The minimum absolute atomic E-state index is 0.795. The summed E-state index contributed by atoms with van der Waals surface area (Å²) >= 11 is 0. The van der Waals surface area contributed by atoms with Gasteiger partial charge in [-0.2, -0.15) is 0 Å². The highest BCUT2D eigenvalue weighted by atomic mass is 14.9. The summed E-state index contributed by atoms with van der Waals surface area (Å²) < 4.78 is 0. The normalized spacial score (nSPS) is 28.6. The topological polar surface area (TPSA) is 12.0 Å². The minimum Gasteiger partial charge on any atom is -0.316 e. The molecule has 2 atom stereocenters. The Hall–Kier alpha value is -0.0400. The van der Waals surface area contributed by atoms with E-state index in [1.807, 2.05) is 0 Å². The Balaban J connectivity index is 2.03. The van der Waals surface area contributed by atoms with Crippen LogP contribution in [-0.4, -0.2) is 13.1 Å². The first-order valence-electron chi connectivity index (χ1n) is 5.93. The molecular formula is C12H25N. The molecule has 0 bridgehead atoms. The summed E-state index contributed by atoms with van der Waals surface area (Å²) in [6.07, 6.45) is 5.80. The molecule has 78 valence electrons. The van der Waals surface area contributed by atoms with E-state index in [0.717, 1.165) is 17.8 Å². The van der Waals surface area contributed by atoms with Crippen LogP contribution in [0.15, 0.2) is 0 Å². The third-order valence-electron chi connectivity index (χ3n) is 3.21. The second-order valence-corrected chi connectivity index (χ2v) is 5.01. The van der Waals surface area contributed by atoms with Gasteiger partial charge in [-0.1, -0.05) is 33.6 Å². The van der Waals surface area contributed by atoms with Crippen LogP contribution >= 0.6 is 0 Å². The SMILES string of the molecule is CCC1CCC(CNCC(C)C)C1. The van der Waals surface area contributed by atoms with Crippen molar-refractivity contribution in [1.82, 2.24) is 5.32 Å². The van der Waals surface area contributed by atoms with Crippen LogP contribution in [0.4, 0.5) is 0 Å². The van der Waals surface area contributed by atoms with Crippen molar-refractivity contribution in [1.29, 1.82) is 0 Å². The van der Waals surface area contributed by atoms with Crippen molar-refractivity contribution in [3.8, 4) is 0 Å². The van der Waals surface area contributed by atoms with Crippen LogP contribution in [0, 0.1) is 17.8 Å². The minimum atomic E-state index is 0.795. The second kappa shape index (κ2) is 5.64. The molecular weight excluding hydrogens is 158 g/mol. The van der Waals surface area contributed by atoms with Crippen LogP contribution in [-0.2, 0) is 0 Å². The lowest BCUT2D eigenvalue weighted by atomic mass is 10.0. The van der Waals surface area contributed by atoms with E-state index in [2.05, 4.69) is 26.1 Å². The van der Waals surface area contributed by atoms with Crippen molar-refractivity contribution in [3.63, 3.8) is 0 Å². The standard InChI is InChI=1S/C12H25N/c1-4-11-5-6-12(7-11)9-13-8-10(2)3/h10-13H,4-9H2,1-3H3. The van der Waals surface area contributed by atoms with Crippen molar-refractivity contribution in [2.24, 2.45) is 17.8 Å². The van der Waals surface area contributed by atoms with Crippen LogP contribution in [0.1, 0.15) is 46.5 Å². The molecule has 0 amide bonds. The molecule has 1 heteroatoms. The maximum absolute atomic E-state index is 3.57. The van der Waals surface area contributed by atoms with Crippen molar-refractivity contribution in [3.05, 3.63) is 0 Å². The first-order chi connectivity index (χ1) is 6.22. The Kier molecular flexibility index (Phi) is 4.79. The van der Waals surface area contributed by atoms with Crippen molar-refractivity contribution in [2.75, 3.05) is 13.1 Å². The Morgan fingerprint density at radius 3 is 2.46 bits per heavy atom. The molecule has 0 saturated heterocycles. The lowest BCUT2D eigenvalue weighted by Gasteiger charge is -2.12. The van der Waals surface area contributed by atoms with Crippen molar-refractivity contribution < 1.29 is 0 Å². The van der Waals surface area contributed by atoms with Crippen LogP contribution in [0.25, 0.3) is 0 Å². The fourth-order valence-electron chi connectivity index (χ4n) is 2.31. The van der Waals surface area contributed by atoms with Crippen molar-refractivity contribution in [2.45, 2.75) is 46.5 Å². The highest BCUT2D eigenvalue weighted by Gasteiger charge is 2.22. The Labute approximate surface area is 83.3 Å². The summed E-state index contributed by atoms with van der Waals surface area (Å²) in [7, 11) is 0. The highest BCUT2D eigenvalue weighted by molar-refractivity contribution is 4.76. The molecule has 0 aromatic carbocycles. The molecule has 0 aromatic heterocycles. The Morgan fingerprint density at radius 2 is 1.92 bits per heavy atom. The molecule has 1 aliphatic rings. The number of hydrogen-bond acceptors (Lipinski definition) is 1. The third-order valence-corrected chi connectivity index (χ3v) is 3.21. The first kappa shape index (κ1) is 11.0. The van der Waals surface area contributed by atoms with Gasteiger partial charge in [-0.05, 0) is 43.7 Å². The smallest absolute Gasteiger partial charge is 0.00203 e. The zero-order chi connectivity index (χ0) is 9.68. The number of hydrogen-bond donors (Lipinski definition) is 1. The predicted molar refractivity (Wildman–Crippen MR) is 58.8 cm³/mol. The molecule has 13 heavy (non-hydrogen) atoms. The molecule has 1 nitrogen and oxygen atoms in total. The van der Waals surface area contributed by atoms with Crippen LogP contribution in [0.5, 0.6) is 0 Å². The van der Waals surface area contributed by atoms with Gasteiger partial charge >= 0.3 is 0 Å². The van der Waals surface area contributed by atoms with Crippen LogP contribution in [0.2, 0.25) is 0 Å². The quantitative estimate of drug-likeness (QED) is 0.691. The zero-order valence-corrected chi connectivity index (χ0v) is 9.47. The van der Waals surface area contributed by atoms with E-state index in [4.69, 9.17) is 0 Å². The summed E-state index contributed by atoms with van der Waals surface area (Å²) in [5, 5.41) is 3.57. The molecule has 2 unspecified atom stereocenters. The average Bonchev–Trinajstić information content (AvgIpc) is 2.52. The van der Waals surface area contributed by atoms with E-state index in [1.54, 1.807) is 0 Å². The van der Waals surface area contributed by atoms with Crippen LogP contribution < -0.4 is 5.32 Å². The third kappa shape index (κ3) is 4.12. The molecule has 0 spiro atoms. The van der Waals surface area contributed by atoms with Gasteiger partial charge in [0, 0.05) is 0 Å². The molecule has 1 N–H and O–H groups in total. The fourth-order valence-corrected chi connectivity index (χ4v) is 2.31. The Morgan fingerprint density at radius 1 is 1.23 bits per heavy atom. The molecule has 0 aliphatic heterocycles. The number of rotatable bonds is 5. The summed E-state index contributed by atoms with van der Waals surface area (Å²) in [5.41, 5.74) is 0. The summed E-state index contributed by atoms with van der Waals surface area (Å²) in [4.78, 5) is 0.